The van der Waals surface area contributed by atoms with Gasteiger partial charge >= 0.3 is 5.97 Å². The molecular formula is C17H23N3O5. The molecule has 1 aromatic carbocycles. The second-order valence-electron chi connectivity index (χ2n) is 5.87. The summed E-state index contributed by atoms with van der Waals surface area (Å²) >= 11 is 0. The van der Waals surface area contributed by atoms with E-state index in [0.29, 0.717) is 6.41 Å². The molecule has 4 N–H and O–H groups in total. The van der Waals surface area contributed by atoms with Gasteiger partial charge in [0, 0.05) is 6.42 Å². The summed E-state index contributed by atoms with van der Waals surface area (Å²) in [7, 11) is 0. The van der Waals surface area contributed by atoms with E-state index >= 15 is 0 Å². The first-order valence-corrected chi connectivity index (χ1v) is 7.88. The van der Waals surface area contributed by atoms with Gasteiger partial charge < -0.3 is 21.1 Å². The maximum atomic E-state index is 12.5. The van der Waals surface area contributed by atoms with Crippen molar-refractivity contribution in [3.63, 3.8) is 0 Å². The summed E-state index contributed by atoms with van der Waals surface area (Å²) in [6, 6.07) is 7.39. The third kappa shape index (κ3) is 7.03. The van der Waals surface area contributed by atoms with Gasteiger partial charge in [-0.25, -0.2) is 0 Å². The number of hydrogen-bond donors (Lipinski definition) is 4. The summed E-state index contributed by atoms with van der Waals surface area (Å²) in [5, 5.41) is 15.9. The molecule has 136 valence electrons. The van der Waals surface area contributed by atoms with Crippen molar-refractivity contribution in [2.24, 2.45) is 5.92 Å². The summed E-state index contributed by atoms with van der Waals surface area (Å²) in [5.41, 5.74) is 0.855. The predicted octanol–water partition coefficient (Wildman–Crippen LogP) is -0.315. The normalized spacial score (nSPS) is 12.8. The Morgan fingerprint density at radius 3 is 2.28 bits per heavy atom. The van der Waals surface area contributed by atoms with Gasteiger partial charge in [0.1, 0.15) is 18.6 Å². The zero-order valence-corrected chi connectivity index (χ0v) is 14.2. The molecule has 25 heavy (non-hydrogen) atoms. The number of aliphatic carboxylic acids is 1. The number of carboxylic acid groups (broad SMARTS) is 1. The van der Waals surface area contributed by atoms with Crippen LogP contribution in [-0.2, 0) is 25.6 Å². The number of rotatable bonds is 10. The van der Waals surface area contributed by atoms with E-state index in [4.69, 9.17) is 5.11 Å². The topological polar surface area (TPSA) is 125 Å². The first-order chi connectivity index (χ1) is 11.8. The molecule has 0 aliphatic rings. The highest BCUT2D eigenvalue weighted by Crippen LogP contribution is 2.06. The van der Waals surface area contributed by atoms with Crippen LogP contribution in [0, 0.1) is 5.92 Å². The van der Waals surface area contributed by atoms with E-state index < -0.39 is 36.4 Å². The summed E-state index contributed by atoms with van der Waals surface area (Å²) < 4.78 is 0. The molecule has 0 bridgehead atoms. The van der Waals surface area contributed by atoms with Crippen molar-refractivity contribution in [2.45, 2.75) is 32.4 Å². The van der Waals surface area contributed by atoms with Crippen LogP contribution in [0.3, 0.4) is 0 Å². The Morgan fingerprint density at radius 2 is 1.76 bits per heavy atom. The largest absolute Gasteiger partial charge is 0.480 e. The molecule has 0 saturated heterocycles. The number of nitrogens with one attached hydrogen (secondary N) is 3. The van der Waals surface area contributed by atoms with Gasteiger partial charge in [0.2, 0.25) is 18.2 Å². The number of carbonyl (C=O) groups is 4. The van der Waals surface area contributed by atoms with Gasteiger partial charge in [-0.05, 0) is 11.5 Å². The quantitative estimate of drug-likeness (QED) is 0.431. The smallest absolute Gasteiger partial charge is 0.322 e. The molecule has 3 amide bonds. The maximum absolute atomic E-state index is 12.5. The van der Waals surface area contributed by atoms with Gasteiger partial charge in [0.25, 0.3) is 0 Å². The van der Waals surface area contributed by atoms with Crippen LogP contribution in [0.2, 0.25) is 0 Å². The number of amides is 3. The van der Waals surface area contributed by atoms with E-state index in [1.54, 1.807) is 13.8 Å². The Morgan fingerprint density at radius 1 is 1.12 bits per heavy atom. The fourth-order valence-corrected chi connectivity index (χ4v) is 2.22. The highest BCUT2D eigenvalue weighted by Gasteiger charge is 2.28. The second-order valence-corrected chi connectivity index (χ2v) is 5.87. The van der Waals surface area contributed by atoms with E-state index in [-0.39, 0.29) is 12.3 Å². The predicted molar refractivity (Wildman–Crippen MR) is 90.5 cm³/mol. The lowest BCUT2D eigenvalue weighted by Crippen LogP contribution is -2.55. The summed E-state index contributed by atoms with van der Waals surface area (Å²) in [4.78, 5) is 45.9. The molecule has 0 heterocycles. The summed E-state index contributed by atoms with van der Waals surface area (Å²) in [5.74, 6) is -2.53. The van der Waals surface area contributed by atoms with Crippen LogP contribution in [0.4, 0.5) is 0 Å². The van der Waals surface area contributed by atoms with E-state index in [0.717, 1.165) is 5.56 Å². The molecule has 0 aromatic heterocycles. The van der Waals surface area contributed by atoms with E-state index in [1.807, 2.05) is 30.3 Å². The molecular weight excluding hydrogens is 326 g/mol. The van der Waals surface area contributed by atoms with Crippen molar-refractivity contribution in [2.75, 3.05) is 6.54 Å². The molecule has 0 spiro atoms. The van der Waals surface area contributed by atoms with Crippen LogP contribution < -0.4 is 16.0 Å². The second kappa shape index (κ2) is 10.1. The highest BCUT2D eigenvalue weighted by molar-refractivity contribution is 5.91. The van der Waals surface area contributed by atoms with Crippen LogP contribution in [0.1, 0.15) is 19.4 Å². The Bertz CT molecular complexity index is 604. The fourth-order valence-electron chi connectivity index (χ4n) is 2.22. The molecule has 0 radical (unpaired) electrons. The maximum Gasteiger partial charge on any atom is 0.322 e. The minimum atomic E-state index is -1.17. The van der Waals surface area contributed by atoms with Crippen molar-refractivity contribution in [1.82, 2.24) is 16.0 Å². The third-order valence-electron chi connectivity index (χ3n) is 3.53. The van der Waals surface area contributed by atoms with Gasteiger partial charge in [-0.15, -0.1) is 0 Å². The van der Waals surface area contributed by atoms with Crippen molar-refractivity contribution in [1.29, 1.82) is 0 Å². The number of benzene rings is 1. The molecule has 0 aliphatic carbocycles. The molecule has 2 unspecified atom stereocenters. The lowest BCUT2D eigenvalue weighted by Gasteiger charge is -2.24. The van der Waals surface area contributed by atoms with Crippen LogP contribution in [0.15, 0.2) is 30.3 Å². The van der Waals surface area contributed by atoms with E-state index in [9.17, 15) is 19.2 Å². The van der Waals surface area contributed by atoms with Crippen molar-refractivity contribution >= 4 is 24.2 Å². The first-order valence-electron chi connectivity index (χ1n) is 7.88. The monoisotopic (exact) mass is 349 g/mol. The third-order valence-corrected chi connectivity index (χ3v) is 3.53. The van der Waals surface area contributed by atoms with Crippen molar-refractivity contribution < 1.29 is 24.3 Å². The average Bonchev–Trinajstić information content (AvgIpc) is 2.57. The van der Waals surface area contributed by atoms with Gasteiger partial charge in [-0.3, -0.25) is 19.2 Å². The molecule has 0 saturated carbocycles. The van der Waals surface area contributed by atoms with Crippen LogP contribution >= 0.6 is 0 Å². The molecule has 0 fully saturated rings. The van der Waals surface area contributed by atoms with Crippen molar-refractivity contribution in [3.05, 3.63) is 35.9 Å². The Hall–Kier alpha value is -2.90. The highest BCUT2D eigenvalue weighted by atomic mass is 16.4. The van der Waals surface area contributed by atoms with Crippen LogP contribution in [-0.4, -0.2) is 47.9 Å². The molecule has 0 aliphatic heterocycles. The van der Waals surface area contributed by atoms with Crippen molar-refractivity contribution in [3.8, 4) is 0 Å². The van der Waals surface area contributed by atoms with Gasteiger partial charge in [0.15, 0.2) is 0 Å². The van der Waals surface area contributed by atoms with Gasteiger partial charge in [-0.2, -0.15) is 0 Å². The minimum Gasteiger partial charge on any atom is -0.480 e. The molecule has 2 atom stereocenters. The first kappa shape index (κ1) is 20.1. The summed E-state index contributed by atoms with van der Waals surface area (Å²) in [6.45, 7) is 2.92. The number of carbonyl (C=O) groups excluding carboxylic acids is 3. The molecule has 1 aromatic rings. The minimum absolute atomic E-state index is 0.258. The zero-order chi connectivity index (χ0) is 18.8. The Labute approximate surface area is 146 Å². The average molecular weight is 349 g/mol. The van der Waals surface area contributed by atoms with Gasteiger partial charge in [-0.1, -0.05) is 44.2 Å². The van der Waals surface area contributed by atoms with Crippen LogP contribution in [0.5, 0.6) is 0 Å². The molecule has 8 nitrogen and oxygen atoms in total. The standard InChI is InChI=1S/C17H23N3O5/c1-11(2)15(17(25)18-9-14(22)23)20-16(24)13(19-10-21)8-12-6-4-3-5-7-12/h3-7,10-11,13,15H,8-9H2,1-2H3,(H,18,25)(H,19,21)(H,20,24)(H,22,23). The lowest BCUT2D eigenvalue weighted by atomic mass is 10.0. The van der Waals surface area contributed by atoms with Crippen LogP contribution in [0.25, 0.3) is 0 Å². The van der Waals surface area contributed by atoms with E-state index in [2.05, 4.69) is 16.0 Å². The fraction of sp³-hybridized carbons (Fsp3) is 0.412. The van der Waals surface area contributed by atoms with Gasteiger partial charge in [0.05, 0.1) is 0 Å². The Kier molecular flexibility index (Phi) is 8.11. The lowest BCUT2D eigenvalue weighted by molar-refractivity contribution is -0.138. The Balaban J connectivity index is 2.78. The number of carboxylic acids is 1. The SMILES string of the molecule is CC(C)C(NC(=O)C(Cc1ccccc1)NC=O)C(=O)NCC(=O)O. The number of hydrogen-bond acceptors (Lipinski definition) is 4. The zero-order valence-electron chi connectivity index (χ0n) is 14.2. The van der Waals surface area contributed by atoms with E-state index in [1.165, 1.54) is 0 Å². The molecule has 8 heteroatoms. The summed E-state index contributed by atoms with van der Waals surface area (Å²) in [6.07, 6.45) is 0.703. The molecule has 1 rings (SSSR count).